The summed E-state index contributed by atoms with van der Waals surface area (Å²) in [6.07, 6.45) is 0. The quantitative estimate of drug-likeness (QED) is 0.369. The molecule has 0 aromatic heterocycles. The van der Waals surface area contributed by atoms with E-state index in [1.54, 1.807) is 0 Å². The van der Waals surface area contributed by atoms with Gasteiger partial charge in [0.05, 0.1) is 0 Å². The van der Waals surface area contributed by atoms with Crippen molar-refractivity contribution in [3.63, 3.8) is 0 Å². The highest BCUT2D eigenvalue weighted by Crippen LogP contribution is 2.19. The van der Waals surface area contributed by atoms with E-state index in [-0.39, 0.29) is 0 Å². The lowest BCUT2D eigenvalue weighted by Gasteiger charge is -2.15. The molecule has 0 unspecified atom stereocenters. The molecule has 10 heavy (non-hydrogen) atoms. The van der Waals surface area contributed by atoms with Gasteiger partial charge in [0.15, 0.2) is 0 Å². The summed E-state index contributed by atoms with van der Waals surface area (Å²) in [7, 11) is 0. The molecule has 0 spiro atoms. The Bertz CT molecular complexity index is 164. The van der Waals surface area contributed by atoms with Crippen molar-refractivity contribution in [1.29, 1.82) is 0 Å². The minimum absolute atomic E-state index is 0.647. The minimum Gasteiger partial charge on any atom is -0.435 e. The van der Waals surface area contributed by atoms with Gasteiger partial charge in [0.1, 0.15) is 0 Å². The summed E-state index contributed by atoms with van der Waals surface area (Å²) in [5.41, 5.74) is 0. The lowest BCUT2D eigenvalue weighted by molar-refractivity contribution is -0.152. The Morgan fingerprint density at radius 2 is 1.90 bits per heavy atom. The Morgan fingerprint density at radius 3 is 2.00 bits per heavy atom. The minimum atomic E-state index is -1.73. The third kappa shape index (κ3) is 3.03. The van der Waals surface area contributed by atoms with Crippen molar-refractivity contribution in [2.75, 3.05) is 0 Å². The maximum atomic E-state index is 10.4. The molecule has 0 N–H and O–H groups in total. The molecule has 58 valence electrons. The number of esters is 1. The van der Waals surface area contributed by atoms with Crippen LogP contribution >= 0.6 is 23.2 Å². The van der Waals surface area contributed by atoms with Crippen molar-refractivity contribution >= 4 is 34.4 Å². The average molecular weight is 185 g/mol. The van der Waals surface area contributed by atoms with E-state index in [0.717, 1.165) is 6.92 Å². The number of hydrogen-bond donors (Lipinski definition) is 0. The van der Waals surface area contributed by atoms with Gasteiger partial charge in [-0.15, -0.1) is 0 Å². The van der Waals surface area contributed by atoms with Crippen molar-refractivity contribution in [3.8, 4) is 0 Å². The van der Waals surface area contributed by atoms with Gasteiger partial charge in [0.2, 0.25) is 0 Å². The highest BCUT2D eigenvalue weighted by Gasteiger charge is 2.32. The zero-order valence-corrected chi connectivity index (χ0v) is 6.99. The Kier molecular flexibility index (Phi) is 3.12. The van der Waals surface area contributed by atoms with Crippen molar-refractivity contribution in [1.82, 2.24) is 0 Å². The molecule has 0 saturated carbocycles. The Balaban J connectivity index is 4.13. The second-order valence-electron chi connectivity index (χ2n) is 1.78. The summed E-state index contributed by atoms with van der Waals surface area (Å²) in [4.78, 5) is 20.6. The van der Waals surface area contributed by atoms with E-state index in [0.29, 0.717) is 0 Å². The number of carbonyl (C=O) groups excluding carboxylic acids is 2. The Labute approximate surface area is 68.2 Å². The monoisotopic (exact) mass is 184 g/mol. The molecule has 1 atom stereocenters. The molecule has 0 aliphatic rings. The van der Waals surface area contributed by atoms with Gasteiger partial charge >= 0.3 is 5.97 Å². The van der Waals surface area contributed by atoms with Gasteiger partial charge in [-0.2, -0.15) is 0 Å². The predicted molar refractivity (Wildman–Crippen MR) is 36.9 cm³/mol. The van der Waals surface area contributed by atoms with Crippen molar-refractivity contribution in [2.24, 2.45) is 0 Å². The summed E-state index contributed by atoms with van der Waals surface area (Å²) >= 11 is 10.3. The van der Waals surface area contributed by atoms with E-state index >= 15 is 0 Å². The number of rotatable bonds is 2. The largest absolute Gasteiger partial charge is 0.435 e. The normalized spacial score (nSPS) is 15.6. The van der Waals surface area contributed by atoms with Crippen molar-refractivity contribution in [3.05, 3.63) is 0 Å². The second kappa shape index (κ2) is 3.21. The first-order valence-electron chi connectivity index (χ1n) is 2.44. The summed E-state index contributed by atoms with van der Waals surface area (Å²) in [5, 5.41) is -2.64. The average Bonchev–Trinajstić information content (AvgIpc) is 1.60. The molecule has 0 heterocycles. The molecule has 0 aliphatic heterocycles. The maximum absolute atomic E-state index is 10.4. The van der Waals surface area contributed by atoms with Crippen molar-refractivity contribution < 1.29 is 14.3 Å². The van der Waals surface area contributed by atoms with E-state index in [1.165, 1.54) is 6.92 Å². The Hall–Kier alpha value is -0.280. The van der Waals surface area contributed by atoms with Crippen LogP contribution in [-0.4, -0.2) is 16.3 Å². The number of ether oxygens (including phenoxy) is 1. The molecule has 0 saturated heterocycles. The third-order valence-corrected chi connectivity index (χ3v) is 1.39. The van der Waals surface area contributed by atoms with E-state index in [2.05, 4.69) is 4.74 Å². The molecule has 0 aromatic carbocycles. The van der Waals surface area contributed by atoms with Crippen LogP contribution in [0.3, 0.4) is 0 Å². The van der Waals surface area contributed by atoms with Gasteiger partial charge in [-0.25, -0.2) is 0 Å². The maximum Gasteiger partial charge on any atom is 0.304 e. The molecule has 3 nitrogen and oxygen atoms in total. The molecule has 0 aromatic rings. The molecule has 0 fully saturated rings. The molecule has 0 radical (unpaired) electrons. The van der Waals surface area contributed by atoms with Gasteiger partial charge in [-0.3, -0.25) is 9.59 Å². The van der Waals surface area contributed by atoms with E-state index in [1.807, 2.05) is 0 Å². The summed E-state index contributed by atoms with van der Waals surface area (Å²) in [5.74, 6) is -0.647. The summed E-state index contributed by atoms with van der Waals surface area (Å²) in [6, 6.07) is 0. The first-order valence-corrected chi connectivity index (χ1v) is 3.20. The number of alkyl halides is 1. The number of carbonyl (C=O) groups is 2. The predicted octanol–water partition coefficient (Wildman–Crippen LogP) is 1.27. The van der Waals surface area contributed by atoms with Crippen LogP contribution in [0.15, 0.2) is 0 Å². The lowest BCUT2D eigenvalue weighted by atomic mass is 10.4. The van der Waals surface area contributed by atoms with Gasteiger partial charge in [-0.05, 0) is 18.5 Å². The highest BCUT2D eigenvalue weighted by atomic mass is 35.5. The highest BCUT2D eigenvalue weighted by molar-refractivity contribution is 6.70. The molecule has 0 bridgehead atoms. The van der Waals surface area contributed by atoms with Crippen LogP contribution in [0.2, 0.25) is 0 Å². The van der Waals surface area contributed by atoms with E-state index < -0.39 is 16.3 Å². The fourth-order valence-electron chi connectivity index (χ4n) is 0.310. The van der Waals surface area contributed by atoms with Crippen molar-refractivity contribution in [2.45, 2.75) is 18.9 Å². The topological polar surface area (TPSA) is 43.4 Å². The van der Waals surface area contributed by atoms with Crippen LogP contribution in [0.5, 0.6) is 0 Å². The van der Waals surface area contributed by atoms with E-state index in [4.69, 9.17) is 23.2 Å². The van der Waals surface area contributed by atoms with Crippen LogP contribution < -0.4 is 0 Å². The zero-order chi connectivity index (χ0) is 8.36. The van der Waals surface area contributed by atoms with Gasteiger partial charge < -0.3 is 4.74 Å². The first-order chi connectivity index (χ1) is 4.36. The van der Waals surface area contributed by atoms with Gasteiger partial charge in [0, 0.05) is 6.92 Å². The van der Waals surface area contributed by atoms with Gasteiger partial charge in [-0.1, -0.05) is 11.6 Å². The third-order valence-electron chi connectivity index (χ3n) is 0.686. The lowest BCUT2D eigenvalue weighted by Crippen LogP contribution is -2.30. The zero-order valence-electron chi connectivity index (χ0n) is 5.48. The Morgan fingerprint density at radius 1 is 1.50 bits per heavy atom. The SMILES string of the molecule is CC(=O)O[C@@](C)(Cl)C(=O)Cl. The number of hydrogen-bond acceptors (Lipinski definition) is 3. The van der Waals surface area contributed by atoms with Crippen LogP contribution in [0.4, 0.5) is 0 Å². The van der Waals surface area contributed by atoms with Crippen LogP contribution in [0.1, 0.15) is 13.8 Å². The standard InChI is InChI=1S/C5H6Cl2O3/c1-3(8)10-5(2,7)4(6)9/h1-2H3/t5-/m1/s1. The smallest absolute Gasteiger partial charge is 0.304 e. The van der Waals surface area contributed by atoms with Crippen LogP contribution in [-0.2, 0) is 14.3 Å². The molecule has 5 heteroatoms. The molecular formula is C5H6Cl2O3. The molecule has 0 rings (SSSR count). The molecule has 0 aliphatic carbocycles. The molecular weight excluding hydrogens is 179 g/mol. The second-order valence-corrected chi connectivity index (χ2v) is 2.85. The fourth-order valence-corrected chi connectivity index (χ4v) is 0.457. The number of halogens is 2. The van der Waals surface area contributed by atoms with Gasteiger partial charge in [0.25, 0.3) is 10.3 Å². The summed E-state index contributed by atoms with van der Waals surface area (Å²) in [6.45, 7) is 2.34. The first kappa shape index (κ1) is 9.72. The molecule has 0 amide bonds. The van der Waals surface area contributed by atoms with Crippen LogP contribution in [0, 0.1) is 0 Å². The van der Waals surface area contributed by atoms with Crippen LogP contribution in [0.25, 0.3) is 0 Å². The fraction of sp³-hybridized carbons (Fsp3) is 0.600. The summed E-state index contributed by atoms with van der Waals surface area (Å²) < 4.78 is 4.34. The van der Waals surface area contributed by atoms with E-state index in [9.17, 15) is 9.59 Å².